The van der Waals surface area contributed by atoms with Gasteiger partial charge in [0.15, 0.2) is 0 Å². The van der Waals surface area contributed by atoms with Gasteiger partial charge in [0.25, 0.3) is 0 Å². The van der Waals surface area contributed by atoms with E-state index in [0.29, 0.717) is 13.1 Å². The third-order valence-electron chi connectivity index (χ3n) is 4.56. The lowest BCUT2D eigenvalue weighted by Crippen LogP contribution is -2.44. The standard InChI is InChI=1S/C23H25N5O3/c1-17(27-22(29)11-8-18-6-9-21(31-2)10-7-18)23(30)25-13-19-4-3-5-20(12-19)14-28-16-24-15-26-28/h3-12,15-17H,13-14H2,1-2H3,(H,25,30)(H,27,29)/b11-8+. The summed E-state index contributed by atoms with van der Waals surface area (Å²) in [4.78, 5) is 28.4. The largest absolute Gasteiger partial charge is 0.497 e. The Kier molecular flexibility index (Phi) is 7.53. The van der Waals surface area contributed by atoms with E-state index in [1.54, 1.807) is 31.1 Å². The summed E-state index contributed by atoms with van der Waals surface area (Å²) < 4.78 is 6.84. The molecule has 0 aliphatic heterocycles. The molecule has 0 saturated carbocycles. The van der Waals surface area contributed by atoms with Gasteiger partial charge < -0.3 is 15.4 Å². The molecule has 0 aliphatic rings. The molecule has 2 N–H and O–H groups in total. The summed E-state index contributed by atoms with van der Waals surface area (Å²) in [5.74, 6) is 0.150. The predicted octanol–water partition coefficient (Wildman–Crippen LogP) is 2.17. The maximum absolute atomic E-state index is 12.4. The Morgan fingerprint density at radius 3 is 2.65 bits per heavy atom. The van der Waals surface area contributed by atoms with Crippen LogP contribution in [-0.4, -0.2) is 39.7 Å². The number of ether oxygens (including phenoxy) is 1. The molecule has 0 aliphatic carbocycles. The van der Waals surface area contributed by atoms with Gasteiger partial charge in [-0.2, -0.15) is 5.10 Å². The monoisotopic (exact) mass is 419 g/mol. The van der Waals surface area contributed by atoms with Crippen LogP contribution in [0.25, 0.3) is 6.08 Å². The van der Waals surface area contributed by atoms with Gasteiger partial charge in [-0.3, -0.25) is 9.59 Å². The number of hydrogen-bond donors (Lipinski definition) is 2. The van der Waals surface area contributed by atoms with Gasteiger partial charge >= 0.3 is 0 Å². The van der Waals surface area contributed by atoms with Crippen LogP contribution in [0, 0.1) is 0 Å². The lowest BCUT2D eigenvalue weighted by Gasteiger charge is -2.13. The van der Waals surface area contributed by atoms with Crippen molar-refractivity contribution in [2.24, 2.45) is 0 Å². The average molecular weight is 419 g/mol. The maximum atomic E-state index is 12.4. The van der Waals surface area contributed by atoms with E-state index in [2.05, 4.69) is 20.7 Å². The third kappa shape index (κ3) is 6.81. The molecular weight excluding hydrogens is 394 g/mol. The Balaban J connectivity index is 1.46. The zero-order chi connectivity index (χ0) is 22.1. The van der Waals surface area contributed by atoms with E-state index >= 15 is 0 Å². The van der Waals surface area contributed by atoms with Gasteiger partial charge in [-0.15, -0.1) is 0 Å². The van der Waals surface area contributed by atoms with Gasteiger partial charge in [-0.25, -0.2) is 9.67 Å². The Morgan fingerprint density at radius 1 is 1.16 bits per heavy atom. The zero-order valence-corrected chi connectivity index (χ0v) is 17.5. The Morgan fingerprint density at radius 2 is 1.94 bits per heavy atom. The summed E-state index contributed by atoms with van der Waals surface area (Å²) in [6, 6.07) is 14.5. The highest BCUT2D eigenvalue weighted by molar-refractivity contribution is 5.95. The fraction of sp³-hybridized carbons (Fsp3) is 0.217. The number of amides is 2. The number of nitrogens with zero attached hydrogens (tertiary/aromatic N) is 3. The van der Waals surface area contributed by atoms with Crippen LogP contribution in [0.3, 0.4) is 0 Å². The van der Waals surface area contributed by atoms with Crippen LogP contribution in [0.2, 0.25) is 0 Å². The molecule has 1 atom stereocenters. The molecule has 2 aromatic carbocycles. The van der Waals surface area contributed by atoms with Gasteiger partial charge in [0.05, 0.1) is 13.7 Å². The maximum Gasteiger partial charge on any atom is 0.244 e. The van der Waals surface area contributed by atoms with Gasteiger partial charge in [-0.05, 0) is 41.8 Å². The quantitative estimate of drug-likeness (QED) is 0.518. The molecule has 0 saturated heterocycles. The van der Waals surface area contributed by atoms with Crippen LogP contribution in [-0.2, 0) is 22.7 Å². The fourth-order valence-corrected chi connectivity index (χ4v) is 2.90. The predicted molar refractivity (Wildman–Crippen MR) is 117 cm³/mol. The van der Waals surface area contributed by atoms with Crippen molar-refractivity contribution >= 4 is 17.9 Å². The molecule has 0 bridgehead atoms. The second-order valence-electron chi connectivity index (χ2n) is 6.97. The Labute approximate surface area is 181 Å². The minimum absolute atomic E-state index is 0.257. The van der Waals surface area contributed by atoms with Gasteiger partial charge in [-0.1, -0.05) is 36.4 Å². The Hall–Kier alpha value is -3.94. The first-order valence-corrected chi connectivity index (χ1v) is 9.84. The molecule has 0 spiro atoms. The minimum Gasteiger partial charge on any atom is -0.497 e. The molecule has 0 fully saturated rings. The van der Waals surface area contributed by atoms with Crippen molar-refractivity contribution < 1.29 is 14.3 Å². The van der Waals surface area contributed by atoms with Crippen molar-refractivity contribution in [3.63, 3.8) is 0 Å². The molecule has 160 valence electrons. The van der Waals surface area contributed by atoms with Gasteiger partial charge in [0, 0.05) is 12.6 Å². The van der Waals surface area contributed by atoms with E-state index in [1.165, 1.54) is 12.4 Å². The van der Waals surface area contributed by atoms with Crippen LogP contribution in [0.1, 0.15) is 23.6 Å². The SMILES string of the molecule is COc1ccc(/C=C/C(=O)NC(C)C(=O)NCc2cccc(Cn3cncn3)c2)cc1. The van der Waals surface area contributed by atoms with Gasteiger partial charge in [0.2, 0.25) is 11.8 Å². The van der Waals surface area contributed by atoms with Crippen LogP contribution < -0.4 is 15.4 Å². The van der Waals surface area contributed by atoms with Crippen molar-refractivity contribution in [3.8, 4) is 5.75 Å². The molecule has 1 aromatic heterocycles. The summed E-state index contributed by atoms with van der Waals surface area (Å²) in [7, 11) is 1.60. The summed E-state index contributed by atoms with van der Waals surface area (Å²) >= 11 is 0. The van der Waals surface area contributed by atoms with Crippen LogP contribution in [0.5, 0.6) is 5.75 Å². The molecular formula is C23H25N5O3. The van der Waals surface area contributed by atoms with E-state index in [0.717, 1.165) is 22.4 Å². The van der Waals surface area contributed by atoms with Crippen molar-refractivity contribution in [3.05, 3.63) is 84.0 Å². The lowest BCUT2D eigenvalue weighted by atomic mass is 10.1. The van der Waals surface area contributed by atoms with Crippen molar-refractivity contribution in [2.75, 3.05) is 7.11 Å². The molecule has 1 heterocycles. The van der Waals surface area contributed by atoms with Gasteiger partial charge in [0.1, 0.15) is 24.4 Å². The van der Waals surface area contributed by atoms with Crippen LogP contribution in [0.4, 0.5) is 0 Å². The number of benzene rings is 2. The first kappa shape index (κ1) is 21.8. The zero-order valence-electron chi connectivity index (χ0n) is 17.5. The summed E-state index contributed by atoms with van der Waals surface area (Å²) in [5, 5.41) is 9.61. The summed E-state index contributed by atoms with van der Waals surface area (Å²) in [6.07, 6.45) is 6.23. The highest BCUT2D eigenvalue weighted by Gasteiger charge is 2.14. The smallest absolute Gasteiger partial charge is 0.244 e. The average Bonchev–Trinajstić information content (AvgIpc) is 3.29. The highest BCUT2D eigenvalue weighted by atomic mass is 16.5. The van der Waals surface area contributed by atoms with Crippen molar-refractivity contribution in [1.82, 2.24) is 25.4 Å². The molecule has 0 radical (unpaired) electrons. The minimum atomic E-state index is -0.661. The first-order valence-electron chi connectivity index (χ1n) is 9.84. The Bertz CT molecular complexity index is 1030. The fourth-order valence-electron chi connectivity index (χ4n) is 2.90. The summed E-state index contributed by atoms with van der Waals surface area (Å²) in [6.45, 7) is 2.62. The number of nitrogens with one attached hydrogen (secondary N) is 2. The van der Waals surface area contributed by atoms with E-state index < -0.39 is 6.04 Å². The van der Waals surface area contributed by atoms with Crippen molar-refractivity contribution in [1.29, 1.82) is 0 Å². The lowest BCUT2D eigenvalue weighted by molar-refractivity contribution is -0.126. The number of rotatable bonds is 9. The molecule has 8 heteroatoms. The molecule has 2 amide bonds. The first-order chi connectivity index (χ1) is 15.0. The second-order valence-corrected chi connectivity index (χ2v) is 6.97. The van der Waals surface area contributed by atoms with E-state index in [4.69, 9.17) is 4.74 Å². The topological polar surface area (TPSA) is 98.1 Å². The number of methoxy groups -OCH3 is 1. The van der Waals surface area contributed by atoms with Crippen LogP contribution >= 0.6 is 0 Å². The number of aromatic nitrogens is 3. The van der Waals surface area contributed by atoms with Crippen LogP contribution in [0.15, 0.2) is 67.3 Å². The molecule has 3 aromatic rings. The molecule has 8 nitrogen and oxygen atoms in total. The number of carbonyl (C=O) groups excluding carboxylic acids is 2. The van der Waals surface area contributed by atoms with E-state index in [9.17, 15) is 9.59 Å². The third-order valence-corrected chi connectivity index (χ3v) is 4.56. The number of hydrogen-bond acceptors (Lipinski definition) is 5. The molecule has 31 heavy (non-hydrogen) atoms. The second kappa shape index (κ2) is 10.7. The van der Waals surface area contributed by atoms with Crippen molar-refractivity contribution in [2.45, 2.75) is 26.1 Å². The van der Waals surface area contributed by atoms with E-state index in [-0.39, 0.29) is 11.8 Å². The summed E-state index contributed by atoms with van der Waals surface area (Å²) in [5.41, 5.74) is 2.88. The molecule has 3 rings (SSSR count). The highest BCUT2D eigenvalue weighted by Crippen LogP contribution is 2.12. The number of carbonyl (C=O) groups is 2. The van der Waals surface area contributed by atoms with E-state index in [1.807, 2.05) is 48.5 Å². The molecule has 1 unspecified atom stereocenters. The normalized spacial score (nSPS) is 11.8.